The van der Waals surface area contributed by atoms with E-state index in [0.717, 1.165) is 50.5 Å². The van der Waals surface area contributed by atoms with Crippen molar-refractivity contribution in [3.63, 3.8) is 0 Å². The van der Waals surface area contributed by atoms with Crippen molar-refractivity contribution < 1.29 is 12.8 Å². The second-order valence-corrected chi connectivity index (χ2v) is 9.56. The predicted octanol–water partition coefficient (Wildman–Crippen LogP) is 5.01. The van der Waals surface area contributed by atoms with Crippen LogP contribution in [-0.4, -0.2) is 19.3 Å². The molecule has 1 aliphatic carbocycles. The number of fused-ring (bicyclic) bond motifs is 1. The summed E-state index contributed by atoms with van der Waals surface area (Å²) in [4.78, 5) is 0.381. The number of rotatable bonds is 3. The van der Waals surface area contributed by atoms with Crippen LogP contribution in [0.1, 0.15) is 61.3 Å². The van der Waals surface area contributed by atoms with Gasteiger partial charge in [0.2, 0.25) is 10.0 Å². The van der Waals surface area contributed by atoms with Gasteiger partial charge in [-0.3, -0.25) is 0 Å². The van der Waals surface area contributed by atoms with Gasteiger partial charge in [-0.05, 0) is 79.5 Å². The summed E-state index contributed by atoms with van der Waals surface area (Å²) >= 11 is 0. The maximum Gasteiger partial charge on any atom is 0.243 e. The molecule has 1 aliphatic heterocycles. The van der Waals surface area contributed by atoms with Crippen LogP contribution in [0.15, 0.2) is 47.4 Å². The van der Waals surface area contributed by atoms with Crippen molar-refractivity contribution in [2.24, 2.45) is 0 Å². The molecule has 1 heterocycles. The third-order valence-corrected chi connectivity index (χ3v) is 7.77. The first-order valence-corrected chi connectivity index (χ1v) is 11.4. The largest absolute Gasteiger partial charge is 0.243 e. The molecule has 1 unspecified atom stereocenters. The van der Waals surface area contributed by atoms with E-state index in [1.807, 2.05) is 18.2 Å². The number of aryl methyl sites for hydroxylation is 2. The lowest BCUT2D eigenvalue weighted by Crippen LogP contribution is -2.35. The van der Waals surface area contributed by atoms with Gasteiger partial charge in [0.25, 0.3) is 0 Å². The Balaban J connectivity index is 1.73. The van der Waals surface area contributed by atoms with Crippen LogP contribution in [0, 0.1) is 5.82 Å². The van der Waals surface area contributed by atoms with Gasteiger partial charge in [0.05, 0.1) is 10.9 Å². The van der Waals surface area contributed by atoms with Gasteiger partial charge in [-0.15, -0.1) is 0 Å². The number of hydrogen-bond donors (Lipinski definition) is 0. The molecule has 2 aliphatic rings. The minimum absolute atomic E-state index is 0.302. The second-order valence-electron chi connectivity index (χ2n) is 7.67. The number of benzene rings is 2. The molecule has 5 heteroatoms. The van der Waals surface area contributed by atoms with Crippen LogP contribution >= 0.6 is 0 Å². The van der Waals surface area contributed by atoms with E-state index >= 15 is 0 Å². The van der Waals surface area contributed by atoms with E-state index in [-0.39, 0.29) is 11.9 Å². The van der Waals surface area contributed by atoms with Gasteiger partial charge in [-0.1, -0.05) is 31.0 Å². The summed E-state index contributed by atoms with van der Waals surface area (Å²) in [5.74, 6) is -0.317. The normalized spacial score (nSPS) is 21.4. The topological polar surface area (TPSA) is 37.4 Å². The van der Waals surface area contributed by atoms with Gasteiger partial charge in [-0.25, -0.2) is 12.8 Å². The number of nitrogens with zero attached hydrogens (tertiary/aromatic N) is 1. The Morgan fingerprint density at radius 1 is 0.889 bits per heavy atom. The van der Waals surface area contributed by atoms with E-state index in [2.05, 4.69) is 0 Å². The molecule has 0 spiro atoms. The smallest absolute Gasteiger partial charge is 0.207 e. The Kier molecular flexibility index (Phi) is 5.33. The average Bonchev–Trinajstić information content (AvgIpc) is 2.94. The molecule has 0 amide bonds. The highest BCUT2D eigenvalue weighted by atomic mass is 32.2. The Morgan fingerprint density at radius 3 is 2.52 bits per heavy atom. The molecule has 0 aromatic heterocycles. The van der Waals surface area contributed by atoms with Crippen LogP contribution in [0.4, 0.5) is 4.39 Å². The van der Waals surface area contributed by atoms with Crippen molar-refractivity contribution in [3.05, 3.63) is 65.0 Å². The predicted molar refractivity (Wildman–Crippen MR) is 105 cm³/mol. The molecule has 1 saturated heterocycles. The Bertz CT molecular complexity index is 926. The average molecular weight is 388 g/mol. The molecule has 4 rings (SSSR count). The summed E-state index contributed by atoms with van der Waals surface area (Å²) in [7, 11) is -3.62. The SMILES string of the molecule is O=S(=O)(c1ccc2c(c1)CCCC2)N1CCCCCC1c1cccc(F)c1. The van der Waals surface area contributed by atoms with E-state index in [1.165, 1.54) is 29.7 Å². The van der Waals surface area contributed by atoms with Gasteiger partial charge in [0.15, 0.2) is 0 Å². The van der Waals surface area contributed by atoms with Gasteiger partial charge >= 0.3 is 0 Å². The van der Waals surface area contributed by atoms with Crippen LogP contribution in [0.5, 0.6) is 0 Å². The van der Waals surface area contributed by atoms with Crippen LogP contribution in [0.2, 0.25) is 0 Å². The number of hydrogen-bond acceptors (Lipinski definition) is 2. The van der Waals surface area contributed by atoms with E-state index < -0.39 is 10.0 Å². The van der Waals surface area contributed by atoms with Gasteiger partial charge in [0.1, 0.15) is 5.82 Å². The number of sulfonamides is 1. The molecule has 0 bridgehead atoms. The van der Waals surface area contributed by atoms with Crippen molar-refractivity contribution in [2.75, 3.05) is 6.54 Å². The highest BCUT2D eigenvalue weighted by Gasteiger charge is 2.34. The van der Waals surface area contributed by atoms with Crippen molar-refractivity contribution in [1.29, 1.82) is 0 Å². The zero-order chi connectivity index (χ0) is 18.9. The monoisotopic (exact) mass is 387 g/mol. The maximum absolute atomic E-state index is 13.8. The van der Waals surface area contributed by atoms with Crippen molar-refractivity contribution >= 4 is 10.0 Å². The van der Waals surface area contributed by atoms with E-state index in [9.17, 15) is 12.8 Å². The fourth-order valence-electron chi connectivity index (χ4n) is 4.42. The molecule has 0 saturated carbocycles. The zero-order valence-corrected chi connectivity index (χ0v) is 16.3. The molecule has 2 aromatic carbocycles. The fourth-order valence-corrected chi connectivity index (χ4v) is 6.16. The first-order valence-electron chi connectivity index (χ1n) is 9.95. The van der Waals surface area contributed by atoms with Crippen LogP contribution in [-0.2, 0) is 22.9 Å². The molecule has 0 N–H and O–H groups in total. The zero-order valence-electron chi connectivity index (χ0n) is 15.5. The van der Waals surface area contributed by atoms with E-state index in [4.69, 9.17) is 0 Å². The fraction of sp³-hybridized carbons (Fsp3) is 0.455. The Labute approximate surface area is 161 Å². The highest BCUT2D eigenvalue weighted by Crippen LogP contribution is 2.35. The Hall–Kier alpha value is -1.72. The molecule has 0 radical (unpaired) electrons. The molecule has 2 aromatic rings. The maximum atomic E-state index is 13.8. The first-order chi connectivity index (χ1) is 13.1. The van der Waals surface area contributed by atoms with Crippen molar-refractivity contribution in [3.8, 4) is 0 Å². The third-order valence-electron chi connectivity index (χ3n) is 5.86. The summed E-state index contributed by atoms with van der Waals surface area (Å²) in [6.07, 6.45) is 7.80. The molecule has 1 atom stereocenters. The lowest BCUT2D eigenvalue weighted by molar-refractivity contribution is 0.328. The standard InChI is InChI=1S/C22H26FNO2S/c23-20-10-6-9-19(15-20)22-11-2-1-5-14-24(22)27(25,26)21-13-12-17-7-3-4-8-18(17)16-21/h6,9-10,12-13,15-16,22H,1-5,7-8,11,14H2. The van der Waals surface area contributed by atoms with Crippen molar-refractivity contribution in [2.45, 2.75) is 62.3 Å². The molecular formula is C22H26FNO2S. The van der Waals surface area contributed by atoms with Gasteiger partial charge < -0.3 is 0 Å². The highest BCUT2D eigenvalue weighted by molar-refractivity contribution is 7.89. The summed E-state index contributed by atoms with van der Waals surface area (Å²) in [6, 6.07) is 11.7. The summed E-state index contributed by atoms with van der Waals surface area (Å²) < 4.78 is 42.5. The summed E-state index contributed by atoms with van der Waals surface area (Å²) in [6.45, 7) is 0.487. The lowest BCUT2D eigenvalue weighted by Gasteiger charge is -2.30. The molecule has 1 fully saturated rings. The van der Waals surface area contributed by atoms with Crippen LogP contribution in [0.25, 0.3) is 0 Å². The quantitative estimate of drug-likeness (QED) is 0.742. The van der Waals surface area contributed by atoms with Crippen LogP contribution in [0.3, 0.4) is 0 Å². The molecule has 27 heavy (non-hydrogen) atoms. The molecule has 3 nitrogen and oxygen atoms in total. The second kappa shape index (κ2) is 7.72. The van der Waals surface area contributed by atoms with Gasteiger partial charge in [-0.2, -0.15) is 4.31 Å². The first kappa shape index (κ1) is 18.6. The number of halogens is 1. The molecular weight excluding hydrogens is 361 g/mol. The summed E-state index contributed by atoms with van der Waals surface area (Å²) in [5.41, 5.74) is 3.19. The summed E-state index contributed by atoms with van der Waals surface area (Å²) in [5, 5.41) is 0. The van der Waals surface area contributed by atoms with Crippen molar-refractivity contribution in [1.82, 2.24) is 4.31 Å². The van der Waals surface area contributed by atoms with Gasteiger partial charge in [0, 0.05) is 6.54 Å². The Morgan fingerprint density at radius 2 is 1.70 bits per heavy atom. The van der Waals surface area contributed by atoms with Crippen LogP contribution < -0.4 is 0 Å². The lowest BCUT2D eigenvalue weighted by atomic mass is 9.92. The third kappa shape index (κ3) is 3.81. The van der Waals surface area contributed by atoms with E-state index in [0.29, 0.717) is 11.4 Å². The van der Waals surface area contributed by atoms with E-state index in [1.54, 1.807) is 16.4 Å². The minimum atomic E-state index is -3.62. The molecule has 144 valence electrons. The minimum Gasteiger partial charge on any atom is -0.207 e.